The summed E-state index contributed by atoms with van der Waals surface area (Å²) in [5.41, 5.74) is -1.03. The minimum absolute atomic E-state index is 0.121. The molecule has 1 aliphatic rings. The molecule has 0 heterocycles. The highest BCUT2D eigenvalue weighted by Crippen LogP contribution is 2.46. The van der Waals surface area contributed by atoms with Crippen molar-refractivity contribution in [2.24, 2.45) is 11.8 Å². The minimum Gasteiger partial charge on any atom is -0.466 e. The topological polar surface area (TPSA) is 89.9 Å². The molecule has 1 aromatic rings. The van der Waals surface area contributed by atoms with Crippen molar-refractivity contribution in [2.75, 3.05) is 13.2 Å². The molecule has 0 saturated heterocycles. The van der Waals surface area contributed by atoms with Crippen LogP contribution in [0.4, 0.5) is 0 Å². The standard InChI is InChI=1S/C19H23BrO6/c1-4-25-17(22)15-13(21)10-19(3,24)16(18(23)26-5-2)14(15)11-6-8-12(20)9-7-11/h6-9,14-16,24H,4-5,10H2,1-3H3/t14-,15-,16-,19-/m1/s1. The first-order valence-electron chi connectivity index (χ1n) is 8.56. The van der Waals surface area contributed by atoms with Crippen molar-refractivity contribution in [3.05, 3.63) is 34.3 Å². The lowest BCUT2D eigenvalue weighted by molar-refractivity contribution is -0.172. The summed E-state index contributed by atoms with van der Waals surface area (Å²) in [4.78, 5) is 37.8. The Morgan fingerprint density at radius 3 is 2.23 bits per heavy atom. The molecule has 1 N–H and O–H groups in total. The molecular weight excluding hydrogens is 404 g/mol. The second-order valence-electron chi connectivity index (χ2n) is 6.54. The molecule has 26 heavy (non-hydrogen) atoms. The lowest BCUT2D eigenvalue weighted by Gasteiger charge is -2.43. The number of ketones is 1. The van der Waals surface area contributed by atoms with Crippen LogP contribution in [0.3, 0.4) is 0 Å². The maximum atomic E-state index is 12.7. The summed E-state index contributed by atoms with van der Waals surface area (Å²) in [5.74, 6) is -4.84. The highest BCUT2D eigenvalue weighted by Gasteiger charge is 2.57. The third kappa shape index (κ3) is 4.15. The summed E-state index contributed by atoms with van der Waals surface area (Å²) in [6, 6.07) is 6.96. The van der Waals surface area contributed by atoms with Crippen LogP contribution >= 0.6 is 15.9 Å². The van der Waals surface area contributed by atoms with Crippen LogP contribution in [0.1, 0.15) is 38.7 Å². The van der Waals surface area contributed by atoms with Crippen LogP contribution in [0.25, 0.3) is 0 Å². The van der Waals surface area contributed by atoms with Crippen LogP contribution < -0.4 is 0 Å². The molecule has 0 aromatic heterocycles. The van der Waals surface area contributed by atoms with Gasteiger partial charge in [0.05, 0.1) is 24.7 Å². The van der Waals surface area contributed by atoms with E-state index in [1.165, 1.54) is 6.92 Å². The first kappa shape index (κ1) is 20.6. The molecule has 0 amide bonds. The van der Waals surface area contributed by atoms with E-state index in [1.54, 1.807) is 38.1 Å². The van der Waals surface area contributed by atoms with Crippen LogP contribution in [-0.4, -0.2) is 41.6 Å². The molecule has 1 aliphatic carbocycles. The molecule has 1 saturated carbocycles. The molecule has 1 aromatic carbocycles. The Morgan fingerprint density at radius 1 is 1.15 bits per heavy atom. The molecule has 0 radical (unpaired) electrons. The van der Waals surface area contributed by atoms with Gasteiger partial charge in [-0.25, -0.2) is 0 Å². The maximum Gasteiger partial charge on any atom is 0.317 e. The highest BCUT2D eigenvalue weighted by molar-refractivity contribution is 9.10. The van der Waals surface area contributed by atoms with E-state index in [-0.39, 0.29) is 19.6 Å². The third-order valence-corrected chi connectivity index (χ3v) is 5.13. The fourth-order valence-electron chi connectivity index (χ4n) is 3.56. The summed E-state index contributed by atoms with van der Waals surface area (Å²) in [7, 11) is 0. The van der Waals surface area contributed by atoms with Crippen molar-refractivity contribution in [1.82, 2.24) is 0 Å². The van der Waals surface area contributed by atoms with Gasteiger partial charge in [-0.05, 0) is 38.5 Å². The van der Waals surface area contributed by atoms with Gasteiger partial charge in [-0.3, -0.25) is 14.4 Å². The Balaban J connectivity index is 2.59. The van der Waals surface area contributed by atoms with Crippen LogP contribution in [0.15, 0.2) is 28.7 Å². The molecule has 0 spiro atoms. The zero-order valence-electron chi connectivity index (χ0n) is 15.0. The lowest BCUT2D eigenvalue weighted by atomic mass is 9.62. The number of carbonyl (C=O) groups excluding carboxylic acids is 3. The molecule has 142 valence electrons. The second kappa shape index (κ2) is 8.31. The zero-order chi connectivity index (χ0) is 19.5. The predicted octanol–water partition coefficient (Wildman–Crippen LogP) is 2.62. The number of hydrogen-bond acceptors (Lipinski definition) is 6. The number of esters is 2. The van der Waals surface area contributed by atoms with E-state index in [1.807, 2.05) is 0 Å². The Hall–Kier alpha value is -1.73. The van der Waals surface area contributed by atoms with Crippen LogP contribution in [0, 0.1) is 11.8 Å². The fraction of sp³-hybridized carbons (Fsp3) is 0.526. The Labute approximate surface area is 161 Å². The van der Waals surface area contributed by atoms with Gasteiger partial charge in [0, 0.05) is 16.8 Å². The van der Waals surface area contributed by atoms with Crippen LogP contribution in [0.2, 0.25) is 0 Å². The minimum atomic E-state index is -1.62. The van der Waals surface area contributed by atoms with Crippen molar-refractivity contribution in [2.45, 2.75) is 38.7 Å². The number of aliphatic hydroxyl groups is 1. The van der Waals surface area contributed by atoms with Crippen LogP contribution in [-0.2, 0) is 23.9 Å². The molecule has 0 bridgehead atoms. The van der Waals surface area contributed by atoms with Gasteiger partial charge in [0.25, 0.3) is 0 Å². The molecule has 4 atom stereocenters. The number of carbonyl (C=O) groups is 3. The second-order valence-corrected chi connectivity index (χ2v) is 7.45. The van der Waals surface area contributed by atoms with Gasteiger partial charge in [0.2, 0.25) is 0 Å². The summed E-state index contributed by atoms with van der Waals surface area (Å²) in [6.07, 6.45) is -0.313. The number of benzene rings is 1. The quantitative estimate of drug-likeness (QED) is 0.574. The Morgan fingerprint density at radius 2 is 1.69 bits per heavy atom. The van der Waals surface area contributed by atoms with E-state index in [0.717, 1.165) is 4.47 Å². The van der Waals surface area contributed by atoms with Gasteiger partial charge in [-0.2, -0.15) is 0 Å². The van der Waals surface area contributed by atoms with E-state index >= 15 is 0 Å². The smallest absolute Gasteiger partial charge is 0.317 e. The molecule has 0 aliphatic heterocycles. The van der Waals surface area contributed by atoms with E-state index in [9.17, 15) is 19.5 Å². The van der Waals surface area contributed by atoms with Crippen molar-refractivity contribution >= 4 is 33.7 Å². The summed E-state index contributed by atoms with van der Waals surface area (Å²) in [5, 5.41) is 10.8. The molecule has 7 heteroatoms. The lowest BCUT2D eigenvalue weighted by Crippen LogP contribution is -2.55. The van der Waals surface area contributed by atoms with Gasteiger partial charge >= 0.3 is 11.9 Å². The Kier molecular flexibility index (Phi) is 6.58. The van der Waals surface area contributed by atoms with Crippen molar-refractivity contribution in [3.8, 4) is 0 Å². The van der Waals surface area contributed by atoms with E-state index in [4.69, 9.17) is 9.47 Å². The SMILES string of the molecule is CCOC(=O)[C@@H]1C(=O)C[C@@](C)(O)[C@@H](C(=O)OCC)[C@@H]1c1ccc(Br)cc1. The van der Waals surface area contributed by atoms with Gasteiger partial charge in [-0.15, -0.1) is 0 Å². The highest BCUT2D eigenvalue weighted by atomic mass is 79.9. The summed E-state index contributed by atoms with van der Waals surface area (Å²) >= 11 is 3.34. The predicted molar refractivity (Wildman–Crippen MR) is 97.4 cm³/mol. The average Bonchev–Trinajstić information content (AvgIpc) is 2.54. The first-order valence-corrected chi connectivity index (χ1v) is 9.36. The number of halogens is 1. The number of hydrogen-bond donors (Lipinski definition) is 1. The van der Waals surface area contributed by atoms with E-state index in [2.05, 4.69) is 15.9 Å². The average molecular weight is 427 g/mol. The molecule has 2 rings (SSSR count). The van der Waals surface area contributed by atoms with Crippen molar-refractivity contribution in [3.63, 3.8) is 0 Å². The van der Waals surface area contributed by atoms with Crippen molar-refractivity contribution < 1.29 is 29.0 Å². The fourth-order valence-corrected chi connectivity index (χ4v) is 3.83. The zero-order valence-corrected chi connectivity index (χ0v) is 16.6. The summed E-state index contributed by atoms with van der Waals surface area (Å²) < 4.78 is 11.0. The molecular formula is C19H23BrO6. The van der Waals surface area contributed by atoms with Gasteiger partial charge in [0.1, 0.15) is 5.92 Å². The monoisotopic (exact) mass is 426 g/mol. The molecule has 0 unspecified atom stereocenters. The molecule has 6 nitrogen and oxygen atoms in total. The normalized spacial score (nSPS) is 28.5. The Bertz CT molecular complexity index is 682. The third-order valence-electron chi connectivity index (χ3n) is 4.60. The number of ether oxygens (including phenoxy) is 2. The van der Waals surface area contributed by atoms with Gasteiger partial charge < -0.3 is 14.6 Å². The first-order chi connectivity index (χ1) is 12.2. The largest absolute Gasteiger partial charge is 0.466 e. The number of rotatable bonds is 5. The van der Waals surface area contributed by atoms with E-state index in [0.29, 0.717) is 5.56 Å². The van der Waals surface area contributed by atoms with Crippen LogP contribution in [0.5, 0.6) is 0 Å². The maximum absolute atomic E-state index is 12.7. The summed E-state index contributed by atoms with van der Waals surface area (Å²) in [6.45, 7) is 5.00. The van der Waals surface area contributed by atoms with Crippen molar-refractivity contribution in [1.29, 1.82) is 0 Å². The van der Waals surface area contributed by atoms with Gasteiger partial charge in [-0.1, -0.05) is 28.1 Å². The molecule has 1 fully saturated rings. The van der Waals surface area contributed by atoms with Gasteiger partial charge in [0.15, 0.2) is 5.78 Å². The van der Waals surface area contributed by atoms with E-state index < -0.39 is 41.1 Å². The number of Topliss-reactive ketones (excluding diaryl/α,β-unsaturated/α-hetero) is 1.